The van der Waals surface area contributed by atoms with Gasteiger partial charge in [0.05, 0.1) is 11.7 Å². The van der Waals surface area contributed by atoms with Gasteiger partial charge in [0.25, 0.3) is 0 Å². The topological polar surface area (TPSA) is 38.7 Å². The highest BCUT2D eigenvalue weighted by Gasteiger charge is 2.26. The fourth-order valence-corrected chi connectivity index (χ4v) is 4.80. The average Bonchev–Trinajstić information content (AvgIpc) is 2.82. The first kappa shape index (κ1) is 23.9. The summed E-state index contributed by atoms with van der Waals surface area (Å²) < 4.78 is 0. The lowest BCUT2D eigenvalue weighted by atomic mass is 9.96. The maximum atomic E-state index is 10.0. The Morgan fingerprint density at radius 3 is 1.97 bits per heavy atom. The highest BCUT2D eigenvalue weighted by molar-refractivity contribution is 6.30. The van der Waals surface area contributed by atoms with Crippen LogP contribution in [0.1, 0.15) is 29.2 Å². The Kier molecular flexibility index (Phi) is 8.15. The van der Waals surface area contributed by atoms with Crippen LogP contribution < -0.4 is 5.32 Å². The van der Waals surface area contributed by atoms with E-state index in [1.807, 2.05) is 43.3 Å². The molecule has 0 aliphatic carbocycles. The van der Waals surface area contributed by atoms with Gasteiger partial charge in [0.2, 0.25) is 0 Å². The molecule has 0 atom stereocenters. The number of piperazine rings is 1. The Morgan fingerprint density at radius 2 is 1.42 bits per heavy atom. The van der Waals surface area contributed by atoms with Gasteiger partial charge in [-0.05, 0) is 66.9 Å². The van der Waals surface area contributed by atoms with Gasteiger partial charge in [0.15, 0.2) is 0 Å². The molecule has 1 aliphatic heterocycles. The number of para-hydroxylation sites is 1. The molecule has 0 radical (unpaired) electrons. The molecule has 4 nitrogen and oxygen atoms in total. The molecular formula is C27H31Cl2N3O. The molecular weight excluding hydrogens is 453 g/mol. The van der Waals surface area contributed by atoms with Crippen LogP contribution >= 0.6 is 23.2 Å². The lowest BCUT2D eigenvalue weighted by Crippen LogP contribution is -2.48. The van der Waals surface area contributed by atoms with Crippen LogP contribution in [0.5, 0.6) is 5.75 Å². The van der Waals surface area contributed by atoms with E-state index in [1.54, 1.807) is 6.07 Å². The van der Waals surface area contributed by atoms with Crippen LogP contribution in [0.3, 0.4) is 0 Å². The monoisotopic (exact) mass is 483 g/mol. The summed E-state index contributed by atoms with van der Waals surface area (Å²) in [6, 6.07) is 22.2. The lowest BCUT2D eigenvalue weighted by molar-refractivity contribution is 0.109. The van der Waals surface area contributed by atoms with Crippen molar-refractivity contribution in [1.82, 2.24) is 9.80 Å². The van der Waals surface area contributed by atoms with E-state index >= 15 is 0 Å². The molecule has 0 saturated carbocycles. The third-order valence-electron chi connectivity index (χ3n) is 6.35. The number of halogens is 2. The Bertz CT molecular complexity index is 966. The van der Waals surface area contributed by atoms with Crippen molar-refractivity contribution >= 4 is 28.9 Å². The summed E-state index contributed by atoms with van der Waals surface area (Å²) in [6.07, 6.45) is 1.03. The fourth-order valence-electron chi connectivity index (χ4n) is 4.55. The maximum absolute atomic E-state index is 10.0. The summed E-state index contributed by atoms with van der Waals surface area (Å²) in [5.41, 5.74) is 4.41. The van der Waals surface area contributed by atoms with Gasteiger partial charge in [-0.15, -0.1) is 0 Å². The van der Waals surface area contributed by atoms with E-state index < -0.39 is 0 Å². The third-order valence-corrected chi connectivity index (χ3v) is 6.85. The minimum absolute atomic E-state index is 0.187. The molecule has 1 heterocycles. The van der Waals surface area contributed by atoms with Crippen LogP contribution in [0.4, 0.5) is 5.69 Å². The Balaban J connectivity index is 1.33. The predicted octanol–water partition coefficient (Wildman–Crippen LogP) is 6.22. The van der Waals surface area contributed by atoms with Crippen molar-refractivity contribution < 1.29 is 5.11 Å². The summed E-state index contributed by atoms with van der Waals surface area (Å²) in [4.78, 5) is 5.07. The smallest absolute Gasteiger partial charge is 0.138 e. The zero-order valence-electron chi connectivity index (χ0n) is 19.0. The van der Waals surface area contributed by atoms with Gasteiger partial charge >= 0.3 is 0 Å². The molecule has 33 heavy (non-hydrogen) atoms. The highest BCUT2D eigenvalue weighted by atomic mass is 35.5. The van der Waals surface area contributed by atoms with Crippen LogP contribution in [-0.4, -0.2) is 54.2 Å². The number of hydrogen-bond acceptors (Lipinski definition) is 4. The number of nitrogens with zero attached hydrogens (tertiary/aromatic N) is 2. The number of nitrogens with one attached hydrogen (secondary N) is 1. The largest absolute Gasteiger partial charge is 0.506 e. The molecule has 0 spiro atoms. The average molecular weight is 484 g/mol. The minimum Gasteiger partial charge on any atom is -0.506 e. The number of aryl methyl sites for hydroxylation is 1. The van der Waals surface area contributed by atoms with E-state index in [1.165, 1.54) is 11.1 Å². The number of anilines is 1. The molecule has 2 N–H and O–H groups in total. The second-order valence-corrected chi connectivity index (χ2v) is 9.51. The molecule has 0 amide bonds. The summed E-state index contributed by atoms with van der Waals surface area (Å²) >= 11 is 12.3. The molecule has 3 aromatic carbocycles. The minimum atomic E-state index is 0.187. The molecule has 4 rings (SSSR count). The first-order valence-corrected chi connectivity index (χ1v) is 12.3. The molecule has 0 bridgehead atoms. The summed E-state index contributed by atoms with van der Waals surface area (Å²) in [7, 11) is 0. The van der Waals surface area contributed by atoms with E-state index in [4.69, 9.17) is 23.2 Å². The van der Waals surface area contributed by atoms with Crippen molar-refractivity contribution in [2.24, 2.45) is 0 Å². The molecule has 1 saturated heterocycles. The first-order valence-electron chi connectivity index (χ1n) is 11.5. The second-order valence-electron chi connectivity index (χ2n) is 8.63. The number of rotatable bonds is 8. The number of benzene rings is 3. The van der Waals surface area contributed by atoms with Crippen LogP contribution in [0.15, 0.2) is 66.7 Å². The van der Waals surface area contributed by atoms with E-state index in [0.29, 0.717) is 5.75 Å². The molecule has 174 valence electrons. The van der Waals surface area contributed by atoms with Gasteiger partial charge in [0.1, 0.15) is 5.75 Å². The van der Waals surface area contributed by atoms with Crippen LogP contribution in [0.2, 0.25) is 10.0 Å². The van der Waals surface area contributed by atoms with Crippen molar-refractivity contribution in [3.8, 4) is 5.75 Å². The summed E-state index contributed by atoms with van der Waals surface area (Å²) in [6.45, 7) is 7.97. The van der Waals surface area contributed by atoms with Crippen molar-refractivity contribution in [3.05, 3.63) is 93.5 Å². The first-order chi connectivity index (χ1) is 16.0. The van der Waals surface area contributed by atoms with Crippen molar-refractivity contribution in [2.45, 2.75) is 19.4 Å². The van der Waals surface area contributed by atoms with E-state index in [9.17, 15) is 5.11 Å². The van der Waals surface area contributed by atoms with Crippen molar-refractivity contribution in [1.29, 1.82) is 0 Å². The zero-order valence-corrected chi connectivity index (χ0v) is 20.5. The number of phenolic OH excluding ortho intramolecular Hbond substituents is 1. The molecule has 0 aromatic heterocycles. The molecule has 6 heteroatoms. The third kappa shape index (κ3) is 6.21. The van der Waals surface area contributed by atoms with Crippen molar-refractivity contribution in [3.63, 3.8) is 0 Å². The molecule has 1 fully saturated rings. The normalized spacial score (nSPS) is 15.2. The van der Waals surface area contributed by atoms with Crippen LogP contribution in [0.25, 0.3) is 0 Å². The predicted molar refractivity (Wildman–Crippen MR) is 139 cm³/mol. The SMILES string of the molecule is Cc1cccc(O)c1NCCCN1CCN(C(c2ccc(Cl)cc2)c2ccc(Cl)cc2)CC1. The molecule has 1 aliphatic rings. The van der Waals surface area contributed by atoms with E-state index in [2.05, 4.69) is 39.4 Å². The maximum Gasteiger partial charge on any atom is 0.138 e. The number of aromatic hydroxyl groups is 1. The van der Waals surface area contributed by atoms with E-state index in [0.717, 1.165) is 67.0 Å². The number of phenols is 1. The summed E-state index contributed by atoms with van der Waals surface area (Å²) in [5.74, 6) is 0.319. The Hall–Kier alpha value is -2.24. The second kappa shape index (κ2) is 11.3. The van der Waals surface area contributed by atoms with E-state index in [-0.39, 0.29) is 6.04 Å². The summed E-state index contributed by atoms with van der Waals surface area (Å²) in [5, 5.41) is 14.9. The van der Waals surface area contributed by atoms with Crippen LogP contribution in [0, 0.1) is 6.92 Å². The molecule has 3 aromatic rings. The number of hydrogen-bond donors (Lipinski definition) is 2. The quantitative estimate of drug-likeness (QED) is 0.294. The molecule has 0 unspecified atom stereocenters. The zero-order chi connectivity index (χ0) is 23.2. The fraction of sp³-hybridized carbons (Fsp3) is 0.333. The lowest BCUT2D eigenvalue weighted by Gasteiger charge is -2.40. The van der Waals surface area contributed by atoms with Crippen LogP contribution in [-0.2, 0) is 0 Å². The van der Waals surface area contributed by atoms with Gasteiger partial charge in [-0.25, -0.2) is 0 Å². The standard InChI is InChI=1S/C27H31Cl2N3O/c1-20-4-2-5-25(33)26(20)30-14-3-15-31-16-18-32(19-17-31)27(21-6-10-23(28)11-7-21)22-8-12-24(29)13-9-22/h2,4-13,27,30,33H,3,14-19H2,1H3. The van der Waals surface area contributed by atoms with Gasteiger partial charge in [-0.1, -0.05) is 59.6 Å². The highest BCUT2D eigenvalue weighted by Crippen LogP contribution is 2.31. The van der Waals surface area contributed by atoms with Gasteiger partial charge in [-0.3, -0.25) is 4.90 Å². The van der Waals surface area contributed by atoms with Gasteiger partial charge in [0, 0.05) is 42.8 Å². The van der Waals surface area contributed by atoms with Gasteiger partial charge in [-0.2, -0.15) is 0 Å². The van der Waals surface area contributed by atoms with Gasteiger partial charge < -0.3 is 15.3 Å². The Morgan fingerprint density at radius 1 is 0.848 bits per heavy atom. The van der Waals surface area contributed by atoms with Crippen molar-refractivity contribution in [2.75, 3.05) is 44.6 Å². The Labute approximate surface area is 206 Å².